The van der Waals surface area contributed by atoms with Crippen LogP contribution < -0.4 is 4.74 Å². The van der Waals surface area contributed by atoms with Crippen LogP contribution in [0.4, 0.5) is 13.2 Å². The number of alkyl halides is 3. The number of benzene rings is 1. The van der Waals surface area contributed by atoms with Crippen LogP contribution in [0.3, 0.4) is 0 Å². The molecule has 2 aromatic heterocycles. The molecule has 0 amide bonds. The number of carboxylic acid groups (broad SMARTS) is 1. The van der Waals surface area contributed by atoms with Gasteiger partial charge in [-0.05, 0) is 43.4 Å². The van der Waals surface area contributed by atoms with Crippen LogP contribution in [0.2, 0.25) is 0 Å². The Morgan fingerprint density at radius 2 is 1.77 bits per heavy atom. The molecule has 1 saturated carbocycles. The number of hydrogen-bond donors (Lipinski definition) is 1. The summed E-state index contributed by atoms with van der Waals surface area (Å²) in [6, 6.07) is 5.15. The molecule has 1 fully saturated rings. The fourth-order valence-electron chi connectivity index (χ4n) is 3.08. The molecule has 0 radical (unpaired) electrons. The fourth-order valence-corrected chi connectivity index (χ4v) is 3.40. The number of nitrogens with zero attached hydrogens (tertiary/aromatic N) is 4. The zero-order valence-corrected chi connectivity index (χ0v) is 16.4. The first-order chi connectivity index (χ1) is 14.3. The Morgan fingerprint density at radius 1 is 1.16 bits per heavy atom. The number of halogens is 3. The van der Waals surface area contributed by atoms with Crippen LogP contribution in [0.5, 0.6) is 5.75 Å². The normalized spacial score (nSPS) is 13.5. The van der Waals surface area contributed by atoms with Crippen molar-refractivity contribution in [3.63, 3.8) is 0 Å². The minimum absolute atomic E-state index is 0. The molecule has 0 aliphatic heterocycles. The first-order valence-corrected chi connectivity index (χ1v) is 10.1. The third-order valence-electron chi connectivity index (χ3n) is 4.46. The number of aromatic nitrogens is 4. The van der Waals surface area contributed by atoms with Crippen molar-refractivity contribution in [1.82, 2.24) is 19.5 Å². The second-order valence-corrected chi connectivity index (χ2v) is 7.34. The second kappa shape index (κ2) is 9.19. The van der Waals surface area contributed by atoms with Gasteiger partial charge in [0, 0.05) is 29.6 Å². The molecule has 0 unspecified atom stereocenters. The molecule has 7 nitrogen and oxygen atoms in total. The van der Waals surface area contributed by atoms with Crippen LogP contribution in [0, 0.1) is 0 Å². The van der Waals surface area contributed by atoms with E-state index in [0.717, 1.165) is 12.8 Å². The summed E-state index contributed by atoms with van der Waals surface area (Å²) in [7, 11) is 0. The molecular formula is C19H16F3N4NaO3S. The van der Waals surface area contributed by atoms with E-state index < -0.39 is 12.3 Å². The van der Waals surface area contributed by atoms with Gasteiger partial charge in [0.05, 0.1) is 0 Å². The van der Waals surface area contributed by atoms with Gasteiger partial charge in [0.1, 0.15) is 17.3 Å². The molecule has 2 heterocycles. The molecule has 158 valence electrons. The van der Waals surface area contributed by atoms with Crippen molar-refractivity contribution < 1.29 is 27.8 Å². The van der Waals surface area contributed by atoms with Crippen LogP contribution in [-0.4, -0.2) is 72.8 Å². The summed E-state index contributed by atoms with van der Waals surface area (Å²) in [4.78, 5) is 25.0. The van der Waals surface area contributed by atoms with Crippen molar-refractivity contribution in [3.8, 4) is 28.4 Å². The molecule has 31 heavy (non-hydrogen) atoms. The van der Waals surface area contributed by atoms with Crippen LogP contribution in [-0.2, 0) is 0 Å². The first kappa shape index (κ1) is 23.6. The third-order valence-corrected chi connectivity index (χ3v) is 5.03. The van der Waals surface area contributed by atoms with Gasteiger partial charge >= 0.3 is 41.9 Å². The van der Waals surface area contributed by atoms with Gasteiger partial charge < -0.3 is 14.4 Å². The van der Waals surface area contributed by atoms with Crippen molar-refractivity contribution in [3.05, 3.63) is 42.4 Å². The number of thioether (sulfide) groups is 1. The molecule has 12 heteroatoms. The maximum absolute atomic E-state index is 12.4. The van der Waals surface area contributed by atoms with E-state index in [4.69, 9.17) is 0 Å². The molecule has 0 atom stereocenters. The SMILES string of the molecule is CSc1ncc(-c2nc(-c3ccc(OC(F)(F)F)cc3)n(C3CC3)c2C(=O)O)cn1.[NaH]. The summed E-state index contributed by atoms with van der Waals surface area (Å²) in [6.07, 6.45) is 1.63. The van der Waals surface area contributed by atoms with Gasteiger partial charge in [-0.15, -0.1) is 13.2 Å². The van der Waals surface area contributed by atoms with Crippen molar-refractivity contribution in [2.75, 3.05) is 6.26 Å². The van der Waals surface area contributed by atoms with Gasteiger partial charge in [-0.1, -0.05) is 11.8 Å². The molecular weight excluding hydrogens is 444 g/mol. The van der Waals surface area contributed by atoms with Gasteiger partial charge in [-0.3, -0.25) is 0 Å². The average molecular weight is 460 g/mol. The van der Waals surface area contributed by atoms with Gasteiger partial charge in [0.15, 0.2) is 10.9 Å². The van der Waals surface area contributed by atoms with E-state index in [-0.39, 0.29) is 52.7 Å². The van der Waals surface area contributed by atoms with E-state index >= 15 is 0 Å². The molecule has 1 aliphatic rings. The molecule has 0 bridgehead atoms. The fraction of sp³-hybridized carbons (Fsp3) is 0.263. The predicted octanol–water partition coefficient (Wildman–Crippen LogP) is 4.01. The summed E-state index contributed by atoms with van der Waals surface area (Å²) in [5, 5.41) is 10.4. The van der Waals surface area contributed by atoms with Crippen LogP contribution in [0.25, 0.3) is 22.6 Å². The Labute approximate surface area is 201 Å². The van der Waals surface area contributed by atoms with Gasteiger partial charge in [-0.2, -0.15) is 0 Å². The van der Waals surface area contributed by atoms with Crippen LogP contribution in [0.1, 0.15) is 29.4 Å². The van der Waals surface area contributed by atoms with E-state index in [1.165, 1.54) is 48.4 Å². The molecule has 4 rings (SSSR count). The number of carboxylic acids is 1. The summed E-state index contributed by atoms with van der Waals surface area (Å²) in [6.45, 7) is 0. The Kier molecular flexibility index (Phi) is 6.99. The van der Waals surface area contributed by atoms with Gasteiger partial charge in [-0.25, -0.2) is 19.7 Å². The Balaban J connectivity index is 0.00000272. The number of imidazole rings is 1. The molecule has 1 N–H and O–H groups in total. The summed E-state index contributed by atoms with van der Waals surface area (Å²) >= 11 is 1.35. The summed E-state index contributed by atoms with van der Waals surface area (Å²) < 4.78 is 42.8. The quantitative estimate of drug-likeness (QED) is 0.338. The zero-order chi connectivity index (χ0) is 21.5. The third kappa shape index (κ3) is 5.22. The molecule has 1 aliphatic carbocycles. The van der Waals surface area contributed by atoms with Crippen molar-refractivity contribution >= 4 is 47.3 Å². The standard InChI is InChI=1S/C19H15F3N4O3S.Na.H/c1-30-18-23-8-11(9-24-18)14-15(17(27)28)26(12-4-5-12)16(25-14)10-2-6-13(7-3-10)29-19(20,21)22;;/h2-3,6-9,12H,4-5H2,1H3,(H,27,28);;. The van der Waals surface area contributed by atoms with E-state index in [2.05, 4.69) is 19.7 Å². The molecule has 0 spiro atoms. The maximum atomic E-state index is 12.4. The Morgan fingerprint density at radius 3 is 2.26 bits per heavy atom. The monoisotopic (exact) mass is 460 g/mol. The van der Waals surface area contributed by atoms with Crippen LogP contribution in [0.15, 0.2) is 41.8 Å². The number of aromatic carboxylic acids is 1. The number of carbonyl (C=O) groups is 1. The first-order valence-electron chi connectivity index (χ1n) is 8.85. The van der Waals surface area contributed by atoms with E-state index in [1.807, 2.05) is 6.26 Å². The van der Waals surface area contributed by atoms with Crippen molar-refractivity contribution in [2.45, 2.75) is 30.4 Å². The summed E-state index contributed by atoms with van der Waals surface area (Å²) in [5.41, 5.74) is 1.14. The molecule has 0 saturated heterocycles. The average Bonchev–Trinajstić information content (AvgIpc) is 3.46. The van der Waals surface area contributed by atoms with E-state index in [1.54, 1.807) is 4.57 Å². The van der Waals surface area contributed by atoms with Crippen molar-refractivity contribution in [1.29, 1.82) is 0 Å². The van der Waals surface area contributed by atoms with Crippen LogP contribution >= 0.6 is 11.8 Å². The molecule has 1 aromatic carbocycles. The van der Waals surface area contributed by atoms with E-state index in [9.17, 15) is 23.1 Å². The molecule has 3 aromatic rings. The van der Waals surface area contributed by atoms with Crippen molar-refractivity contribution in [2.24, 2.45) is 0 Å². The second-order valence-electron chi connectivity index (χ2n) is 6.57. The topological polar surface area (TPSA) is 90.1 Å². The Hall–Kier alpha value is -2.08. The number of ether oxygens (including phenoxy) is 1. The summed E-state index contributed by atoms with van der Waals surface area (Å²) in [5.74, 6) is -1.16. The van der Waals surface area contributed by atoms with E-state index in [0.29, 0.717) is 22.1 Å². The number of rotatable bonds is 6. The predicted molar refractivity (Wildman–Crippen MR) is 110 cm³/mol. The number of hydrogen-bond acceptors (Lipinski definition) is 6. The van der Waals surface area contributed by atoms with Gasteiger partial charge in [0.2, 0.25) is 0 Å². The zero-order valence-electron chi connectivity index (χ0n) is 15.6. The Bertz CT molecular complexity index is 1080. The van der Waals surface area contributed by atoms with Gasteiger partial charge in [0.25, 0.3) is 0 Å². The minimum atomic E-state index is -4.79.